The Morgan fingerprint density at radius 2 is 1.91 bits per heavy atom. The van der Waals surface area contributed by atoms with Gasteiger partial charge in [-0.1, -0.05) is 24.3 Å². The van der Waals surface area contributed by atoms with Crippen molar-refractivity contribution in [1.29, 1.82) is 0 Å². The zero-order valence-electron chi connectivity index (χ0n) is 19.1. The first-order chi connectivity index (χ1) is 15.9. The number of hydrogen-bond donors (Lipinski definition) is 2. The maximum absolute atomic E-state index is 12.1. The molecule has 1 saturated heterocycles. The van der Waals surface area contributed by atoms with Crippen molar-refractivity contribution in [1.82, 2.24) is 10.2 Å². The molecule has 2 atom stereocenters. The van der Waals surface area contributed by atoms with Gasteiger partial charge in [-0.05, 0) is 36.8 Å². The molecule has 2 unspecified atom stereocenters. The Hall–Kier alpha value is -3.59. The fourth-order valence-electron chi connectivity index (χ4n) is 3.40. The lowest BCUT2D eigenvalue weighted by Crippen LogP contribution is -2.39. The summed E-state index contributed by atoms with van der Waals surface area (Å²) in [6, 6.07) is 14.0. The van der Waals surface area contributed by atoms with Crippen molar-refractivity contribution < 1.29 is 23.8 Å². The van der Waals surface area contributed by atoms with Gasteiger partial charge in [-0.15, -0.1) is 0 Å². The standard InChI is InChI=1S/C24H30N4O5/c1-4-31-18-10-8-16(9-11-18)15-32-24(30)27-22(25)17-6-5-7-19(12-17)33-20-13-21(26-14-20)23(29)28(2)3/h5-12,20-21,26H,4,13-15H2,1-3H3,(H2,25,27,30). The van der Waals surface area contributed by atoms with Crippen LogP contribution in [-0.4, -0.2) is 62.1 Å². The molecule has 0 aromatic heterocycles. The number of ether oxygens (including phenoxy) is 3. The zero-order chi connectivity index (χ0) is 23.8. The Bertz CT molecular complexity index is 991. The van der Waals surface area contributed by atoms with Crippen LogP contribution in [-0.2, 0) is 16.1 Å². The van der Waals surface area contributed by atoms with Crippen LogP contribution in [0.4, 0.5) is 4.79 Å². The molecule has 1 aliphatic rings. The predicted octanol–water partition coefficient (Wildman–Crippen LogP) is 2.32. The number of hydrogen-bond acceptors (Lipinski definition) is 6. The molecule has 1 heterocycles. The van der Waals surface area contributed by atoms with Crippen LogP contribution in [0.5, 0.6) is 11.5 Å². The van der Waals surface area contributed by atoms with Crippen molar-refractivity contribution in [2.75, 3.05) is 27.2 Å². The molecule has 2 aromatic rings. The molecule has 9 nitrogen and oxygen atoms in total. The van der Waals surface area contributed by atoms with E-state index < -0.39 is 6.09 Å². The first-order valence-electron chi connectivity index (χ1n) is 10.8. The molecule has 0 aliphatic carbocycles. The van der Waals surface area contributed by atoms with E-state index in [1.807, 2.05) is 31.2 Å². The lowest BCUT2D eigenvalue weighted by atomic mass is 10.1. The Morgan fingerprint density at radius 3 is 2.61 bits per heavy atom. The second kappa shape index (κ2) is 11.3. The summed E-state index contributed by atoms with van der Waals surface area (Å²) in [5, 5.41) is 3.18. The third-order valence-corrected chi connectivity index (χ3v) is 5.07. The number of aliphatic imine (C=N–C) groups is 1. The fourth-order valence-corrected chi connectivity index (χ4v) is 3.40. The topological polar surface area (TPSA) is 115 Å². The minimum absolute atomic E-state index is 0.0231. The third kappa shape index (κ3) is 6.95. The van der Waals surface area contributed by atoms with Gasteiger partial charge in [0.2, 0.25) is 5.91 Å². The van der Waals surface area contributed by atoms with E-state index in [-0.39, 0.29) is 30.5 Å². The Kier molecular flexibility index (Phi) is 8.26. The van der Waals surface area contributed by atoms with Gasteiger partial charge in [-0.2, -0.15) is 4.99 Å². The molecule has 0 spiro atoms. The lowest BCUT2D eigenvalue weighted by Gasteiger charge is -2.16. The fraction of sp³-hybridized carbons (Fsp3) is 0.375. The summed E-state index contributed by atoms with van der Waals surface area (Å²) in [6.45, 7) is 3.14. The molecule has 3 N–H and O–H groups in total. The van der Waals surface area contributed by atoms with E-state index in [9.17, 15) is 9.59 Å². The van der Waals surface area contributed by atoms with Crippen LogP contribution >= 0.6 is 0 Å². The van der Waals surface area contributed by atoms with Gasteiger partial charge in [0.15, 0.2) is 0 Å². The summed E-state index contributed by atoms with van der Waals surface area (Å²) in [4.78, 5) is 29.6. The molecule has 0 saturated carbocycles. The molecule has 1 aliphatic heterocycles. The molecule has 9 heteroatoms. The van der Waals surface area contributed by atoms with E-state index in [1.165, 1.54) is 0 Å². The number of amidine groups is 1. The van der Waals surface area contributed by atoms with Crippen molar-refractivity contribution in [3.63, 3.8) is 0 Å². The van der Waals surface area contributed by atoms with E-state index >= 15 is 0 Å². The number of nitrogens with two attached hydrogens (primary N) is 1. The van der Waals surface area contributed by atoms with Gasteiger partial charge < -0.3 is 30.2 Å². The molecule has 2 amide bonds. The minimum Gasteiger partial charge on any atom is -0.494 e. The van der Waals surface area contributed by atoms with Crippen molar-refractivity contribution in [2.45, 2.75) is 32.1 Å². The number of nitrogens with zero attached hydrogens (tertiary/aromatic N) is 2. The predicted molar refractivity (Wildman–Crippen MR) is 124 cm³/mol. The lowest BCUT2D eigenvalue weighted by molar-refractivity contribution is -0.130. The average molecular weight is 455 g/mol. The van der Waals surface area contributed by atoms with Gasteiger partial charge in [0.1, 0.15) is 30.0 Å². The molecule has 0 bridgehead atoms. The van der Waals surface area contributed by atoms with Gasteiger partial charge in [-0.25, -0.2) is 4.79 Å². The largest absolute Gasteiger partial charge is 0.494 e. The van der Waals surface area contributed by atoms with E-state index in [0.717, 1.165) is 11.3 Å². The van der Waals surface area contributed by atoms with Crippen molar-refractivity contribution >= 4 is 17.8 Å². The first kappa shape index (κ1) is 24.1. The van der Waals surface area contributed by atoms with Gasteiger partial charge in [0.05, 0.1) is 12.6 Å². The second-order valence-electron chi connectivity index (χ2n) is 7.83. The molecular weight excluding hydrogens is 424 g/mol. The van der Waals surface area contributed by atoms with Gasteiger partial charge >= 0.3 is 6.09 Å². The third-order valence-electron chi connectivity index (χ3n) is 5.07. The normalized spacial score (nSPS) is 18.0. The smallest absolute Gasteiger partial charge is 0.435 e. The number of carbonyl (C=O) groups excluding carboxylic acids is 2. The highest BCUT2D eigenvalue weighted by molar-refractivity contribution is 6.02. The van der Waals surface area contributed by atoms with Crippen LogP contribution in [0.25, 0.3) is 0 Å². The van der Waals surface area contributed by atoms with Crippen molar-refractivity contribution in [3.05, 3.63) is 59.7 Å². The van der Waals surface area contributed by atoms with Crippen LogP contribution in [0.15, 0.2) is 53.5 Å². The molecule has 3 rings (SSSR count). The number of nitrogens with one attached hydrogen (secondary N) is 1. The van der Waals surface area contributed by atoms with Gasteiger partial charge in [0.25, 0.3) is 0 Å². The minimum atomic E-state index is -0.780. The molecule has 1 fully saturated rings. The Morgan fingerprint density at radius 1 is 1.15 bits per heavy atom. The zero-order valence-corrected chi connectivity index (χ0v) is 19.1. The highest BCUT2D eigenvalue weighted by atomic mass is 16.5. The second-order valence-corrected chi connectivity index (χ2v) is 7.83. The molecule has 176 valence electrons. The molecule has 0 radical (unpaired) electrons. The number of carbonyl (C=O) groups is 2. The van der Waals surface area contributed by atoms with Crippen LogP contribution < -0.4 is 20.5 Å². The van der Waals surface area contributed by atoms with E-state index in [0.29, 0.717) is 30.9 Å². The SMILES string of the molecule is CCOc1ccc(COC(=O)/N=C(/N)c2cccc(OC3CNC(C(=O)N(C)C)C3)c2)cc1. The van der Waals surface area contributed by atoms with E-state index in [2.05, 4.69) is 10.3 Å². The Labute approximate surface area is 193 Å². The number of likely N-dealkylation sites (N-methyl/N-ethyl adjacent to an activating group) is 1. The first-order valence-corrected chi connectivity index (χ1v) is 10.8. The molecule has 33 heavy (non-hydrogen) atoms. The maximum Gasteiger partial charge on any atom is 0.435 e. The van der Waals surface area contributed by atoms with Crippen molar-refractivity contribution in [2.24, 2.45) is 10.7 Å². The van der Waals surface area contributed by atoms with Crippen LogP contribution in [0.2, 0.25) is 0 Å². The van der Waals surface area contributed by atoms with Crippen LogP contribution in [0.1, 0.15) is 24.5 Å². The summed E-state index contributed by atoms with van der Waals surface area (Å²) >= 11 is 0. The Balaban J connectivity index is 1.54. The average Bonchev–Trinajstić information content (AvgIpc) is 3.26. The summed E-state index contributed by atoms with van der Waals surface area (Å²) < 4.78 is 16.6. The van der Waals surface area contributed by atoms with Crippen LogP contribution in [0, 0.1) is 0 Å². The highest BCUT2D eigenvalue weighted by Crippen LogP contribution is 2.20. The number of amides is 2. The maximum atomic E-state index is 12.1. The van der Waals surface area contributed by atoms with E-state index in [1.54, 1.807) is 43.3 Å². The number of benzene rings is 2. The summed E-state index contributed by atoms with van der Waals surface area (Å²) in [7, 11) is 3.46. The molecule has 2 aromatic carbocycles. The van der Waals surface area contributed by atoms with Gasteiger partial charge in [0, 0.05) is 32.6 Å². The van der Waals surface area contributed by atoms with E-state index in [4.69, 9.17) is 19.9 Å². The monoisotopic (exact) mass is 454 g/mol. The summed E-state index contributed by atoms with van der Waals surface area (Å²) in [5.41, 5.74) is 7.36. The quantitative estimate of drug-likeness (QED) is 0.465. The van der Waals surface area contributed by atoms with Crippen molar-refractivity contribution in [3.8, 4) is 11.5 Å². The molecular formula is C24H30N4O5. The van der Waals surface area contributed by atoms with Gasteiger partial charge in [-0.3, -0.25) is 4.79 Å². The summed E-state index contributed by atoms with van der Waals surface area (Å²) in [5.74, 6) is 1.39. The van der Waals surface area contributed by atoms with Crippen LogP contribution in [0.3, 0.4) is 0 Å². The number of rotatable bonds is 8. The highest BCUT2D eigenvalue weighted by Gasteiger charge is 2.31. The summed E-state index contributed by atoms with van der Waals surface area (Å²) in [6.07, 6.45) is -0.355.